The van der Waals surface area contributed by atoms with Crippen molar-refractivity contribution in [3.63, 3.8) is 0 Å². The van der Waals surface area contributed by atoms with Crippen molar-refractivity contribution in [2.75, 3.05) is 0 Å². The fourth-order valence-corrected chi connectivity index (χ4v) is 5.46. The normalized spacial score (nSPS) is 11.3. The van der Waals surface area contributed by atoms with Crippen LogP contribution in [0.2, 0.25) is 0 Å². The van der Waals surface area contributed by atoms with Gasteiger partial charge in [0, 0.05) is 21.5 Å². The van der Waals surface area contributed by atoms with Crippen LogP contribution in [0.1, 0.15) is 28.4 Å². The number of carbonyl (C=O) groups is 1. The van der Waals surface area contributed by atoms with Gasteiger partial charge in [0.15, 0.2) is 12.9 Å². The Morgan fingerprint density at radius 3 is 1.28 bits per heavy atom. The van der Waals surface area contributed by atoms with E-state index in [1.807, 2.05) is 74.5 Å². The highest BCUT2D eigenvalue weighted by atomic mass is 31.2. The number of hydrogen-bond donors (Lipinski definition) is 0. The number of rotatable bonds is 4. The molecule has 3 aromatic carbocycles. The molecule has 0 aliphatic heterocycles. The molecule has 0 bridgehead atoms. The van der Waals surface area contributed by atoms with Crippen LogP contribution in [0.4, 0.5) is 0 Å². The van der Waals surface area contributed by atoms with E-state index >= 15 is 0 Å². The number of benzene rings is 3. The third kappa shape index (κ3) is 3.36. The number of Topliss-reactive ketones (excluding diaryl/α,β-unsaturated/α-hetero) is 1. The Hall–Kier alpha value is -2.44. The molecular weight excluding hydrogens is 327 g/mol. The minimum Gasteiger partial charge on any atom is -0.309 e. The van der Waals surface area contributed by atoms with Crippen LogP contribution in [-0.2, 0) is 4.57 Å². The van der Waals surface area contributed by atoms with Gasteiger partial charge in [-0.25, -0.2) is 0 Å². The van der Waals surface area contributed by atoms with Gasteiger partial charge in [-0.2, -0.15) is 0 Å². The zero-order valence-electron chi connectivity index (χ0n) is 14.7. The maximum atomic E-state index is 14.2. The van der Waals surface area contributed by atoms with E-state index in [2.05, 4.69) is 0 Å². The van der Waals surface area contributed by atoms with Gasteiger partial charge in [-0.1, -0.05) is 83.9 Å². The summed E-state index contributed by atoms with van der Waals surface area (Å²) >= 11 is 0. The second-order valence-corrected chi connectivity index (χ2v) is 9.15. The molecule has 0 N–H and O–H groups in total. The van der Waals surface area contributed by atoms with Gasteiger partial charge in [0.25, 0.3) is 0 Å². The van der Waals surface area contributed by atoms with E-state index in [0.29, 0.717) is 5.56 Å². The summed E-state index contributed by atoms with van der Waals surface area (Å²) in [5.74, 6) is 0.00653. The Morgan fingerprint density at radius 1 is 0.640 bits per heavy atom. The fraction of sp³-hybridized carbons (Fsp3) is 0.136. The standard InChI is InChI=1S/C22H21O2P/c1-16-4-10-20(11-5-16)25(24,21-12-6-17(2)7-13-21)22-14-8-19(9-15-22)18(3)23/h4-15H,1-3H3. The summed E-state index contributed by atoms with van der Waals surface area (Å²) in [5, 5.41) is 2.35. The van der Waals surface area contributed by atoms with Crippen molar-refractivity contribution in [3.05, 3.63) is 89.5 Å². The van der Waals surface area contributed by atoms with Crippen molar-refractivity contribution < 1.29 is 9.36 Å². The third-order valence-electron chi connectivity index (χ3n) is 4.43. The predicted octanol–water partition coefficient (Wildman–Crippen LogP) is 4.15. The van der Waals surface area contributed by atoms with E-state index in [4.69, 9.17) is 0 Å². The van der Waals surface area contributed by atoms with Gasteiger partial charge in [-0.3, -0.25) is 4.79 Å². The van der Waals surface area contributed by atoms with Gasteiger partial charge < -0.3 is 4.57 Å². The molecule has 0 aliphatic rings. The molecule has 0 heterocycles. The summed E-state index contributed by atoms with van der Waals surface area (Å²) in [6.07, 6.45) is 0. The summed E-state index contributed by atoms with van der Waals surface area (Å²) < 4.78 is 14.2. The molecule has 3 rings (SSSR count). The van der Waals surface area contributed by atoms with Gasteiger partial charge in [-0.05, 0) is 20.8 Å². The molecule has 0 spiro atoms. The average Bonchev–Trinajstić information content (AvgIpc) is 2.62. The van der Waals surface area contributed by atoms with Crippen LogP contribution in [0.15, 0.2) is 72.8 Å². The lowest BCUT2D eigenvalue weighted by molar-refractivity contribution is 0.101. The summed E-state index contributed by atoms with van der Waals surface area (Å²) in [7, 11) is -2.98. The summed E-state index contributed by atoms with van der Waals surface area (Å²) in [4.78, 5) is 11.6. The highest BCUT2D eigenvalue weighted by molar-refractivity contribution is 7.85. The van der Waals surface area contributed by atoms with E-state index in [0.717, 1.165) is 27.0 Å². The molecule has 0 amide bonds. The van der Waals surface area contributed by atoms with Crippen LogP contribution in [-0.4, -0.2) is 5.78 Å². The Balaban J connectivity index is 2.21. The van der Waals surface area contributed by atoms with Gasteiger partial charge in [0.1, 0.15) is 0 Å². The SMILES string of the molecule is CC(=O)c1ccc(P(=O)(c2ccc(C)cc2)c2ccc(C)cc2)cc1. The molecule has 0 aromatic heterocycles. The first kappa shape index (κ1) is 17.4. The summed E-state index contributed by atoms with van der Waals surface area (Å²) in [5.41, 5.74) is 2.89. The molecule has 0 saturated carbocycles. The van der Waals surface area contributed by atoms with Crippen LogP contribution in [0.5, 0.6) is 0 Å². The first-order valence-corrected chi connectivity index (χ1v) is 9.98. The zero-order chi connectivity index (χ0) is 18.0. The summed E-state index contributed by atoms with van der Waals surface area (Å²) in [6.45, 7) is 5.57. The monoisotopic (exact) mass is 348 g/mol. The molecule has 2 nitrogen and oxygen atoms in total. The highest BCUT2D eigenvalue weighted by Gasteiger charge is 2.29. The van der Waals surface area contributed by atoms with Crippen LogP contribution in [0.25, 0.3) is 0 Å². The number of aryl methyl sites for hydroxylation is 2. The van der Waals surface area contributed by atoms with E-state index in [1.54, 1.807) is 12.1 Å². The second kappa shape index (κ2) is 6.82. The second-order valence-electron chi connectivity index (χ2n) is 6.38. The molecule has 3 aromatic rings. The largest absolute Gasteiger partial charge is 0.309 e. The number of ketones is 1. The van der Waals surface area contributed by atoms with Crippen molar-refractivity contribution in [1.82, 2.24) is 0 Å². The predicted molar refractivity (Wildman–Crippen MR) is 105 cm³/mol. The topological polar surface area (TPSA) is 34.1 Å². The Kier molecular flexibility index (Phi) is 4.74. The van der Waals surface area contributed by atoms with Crippen LogP contribution >= 0.6 is 7.14 Å². The van der Waals surface area contributed by atoms with Crippen molar-refractivity contribution in [1.29, 1.82) is 0 Å². The molecule has 3 heteroatoms. The van der Waals surface area contributed by atoms with Gasteiger partial charge in [0.2, 0.25) is 0 Å². The third-order valence-corrected chi connectivity index (χ3v) is 7.51. The molecule has 0 atom stereocenters. The minimum atomic E-state index is -2.98. The minimum absolute atomic E-state index is 0.00653. The molecule has 0 fully saturated rings. The molecule has 0 saturated heterocycles. The molecule has 0 aliphatic carbocycles. The molecular formula is C22H21O2P. The maximum Gasteiger partial charge on any atom is 0.171 e. The highest BCUT2D eigenvalue weighted by Crippen LogP contribution is 2.42. The fourth-order valence-electron chi connectivity index (χ4n) is 2.86. The zero-order valence-corrected chi connectivity index (χ0v) is 15.6. The molecule has 25 heavy (non-hydrogen) atoms. The van der Waals surface area contributed by atoms with Crippen molar-refractivity contribution >= 4 is 28.8 Å². The van der Waals surface area contributed by atoms with E-state index in [9.17, 15) is 9.36 Å². The first-order chi connectivity index (χ1) is 11.9. The van der Waals surface area contributed by atoms with E-state index < -0.39 is 7.14 Å². The van der Waals surface area contributed by atoms with E-state index in [1.165, 1.54) is 6.92 Å². The average molecular weight is 348 g/mol. The molecule has 0 unspecified atom stereocenters. The maximum absolute atomic E-state index is 14.2. The van der Waals surface area contributed by atoms with E-state index in [-0.39, 0.29) is 5.78 Å². The van der Waals surface area contributed by atoms with Crippen molar-refractivity contribution in [3.8, 4) is 0 Å². The quantitative estimate of drug-likeness (QED) is 0.524. The lowest BCUT2D eigenvalue weighted by Gasteiger charge is -2.20. The summed E-state index contributed by atoms with van der Waals surface area (Å²) in [6, 6.07) is 22.8. The Labute approximate surface area is 148 Å². The van der Waals surface area contributed by atoms with Crippen LogP contribution < -0.4 is 15.9 Å². The molecule has 126 valence electrons. The van der Waals surface area contributed by atoms with Gasteiger partial charge >= 0.3 is 0 Å². The van der Waals surface area contributed by atoms with Crippen LogP contribution in [0, 0.1) is 13.8 Å². The number of carbonyl (C=O) groups excluding carboxylic acids is 1. The Bertz CT molecular complexity index is 887. The molecule has 0 radical (unpaired) electrons. The Morgan fingerprint density at radius 2 is 0.960 bits per heavy atom. The van der Waals surface area contributed by atoms with Gasteiger partial charge in [0.05, 0.1) is 0 Å². The van der Waals surface area contributed by atoms with Crippen molar-refractivity contribution in [2.45, 2.75) is 20.8 Å². The van der Waals surface area contributed by atoms with Crippen LogP contribution in [0.3, 0.4) is 0 Å². The smallest absolute Gasteiger partial charge is 0.171 e. The van der Waals surface area contributed by atoms with Crippen molar-refractivity contribution in [2.24, 2.45) is 0 Å². The lowest BCUT2D eigenvalue weighted by atomic mass is 10.2. The number of hydrogen-bond acceptors (Lipinski definition) is 2. The first-order valence-electron chi connectivity index (χ1n) is 8.27. The van der Waals surface area contributed by atoms with Gasteiger partial charge in [-0.15, -0.1) is 0 Å². The lowest BCUT2D eigenvalue weighted by Crippen LogP contribution is -2.25.